The van der Waals surface area contributed by atoms with Crippen LogP contribution in [-0.2, 0) is 17.5 Å². The molecule has 10 nitrogen and oxygen atoms in total. The third-order valence-corrected chi connectivity index (χ3v) is 5.63. The molecule has 5 aromatic rings. The van der Waals surface area contributed by atoms with Crippen molar-refractivity contribution in [3.63, 3.8) is 0 Å². The molecule has 0 aliphatic heterocycles. The van der Waals surface area contributed by atoms with Crippen molar-refractivity contribution in [2.75, 3.05) is 0 Å². The highest BCUT2D eigenvalue weighted by molar-refractivity contribution is 5.82. The number of carbonyl (C=O) groups excluding carboxylic acids is 1. The van der Waals surface area contributed by atoms with Gasteiger partial charge in [-0.15, -0.1) is 0 Å². The van der Waals surface area contributed by atoms with E-state index in [4.69, 9.17) is 13.5 Å². The summed E-state index contributed by atoms with van der Waals surface area (Å²) < 4.78 is 57.3. The van der Waals surface area contributed by atoms with Crippen molar-refractivity contribution in [1.82, 2.24) is 25.6 Å². The van der Waals surface area contributed by atoms with E-state index < -0.39 is 35.4 Å². The van der Waals surface area contributed by atoms with Crippen molar-refractivity contribution in [3.05, 3.63) is 83.6 Å². The van der Waals surface area contributed by atoms with E-state index in [9.17, 15) is 23.1 Å². The molecule has 13 heteroatoms. The van der Waals surface area contributed by atoms with E-state index in [2.05, 4.69) is 25.6 Å². The summed E-state index contributed by atoms with van der Waals surface area (Å²) >= 11 is 0. The Labute approximate surface area is 212 Å². The maximum absolute atomic E-state index is 14.0. The van der Waals surface area contributed by atoms with Crippen molar-refractivity contribution < 1.29 is 36.5 Å². The topological polar surface area (TPSA) is 140 Å². The lowest BCUT2D eigenvalue weighted by Gasteiger charge is -2.11. The zero-order valence-electron chi connectivity index (χ0n) is 19.6. The van der Waals surface area contributed by atoms with Gasteiger partial charge in [0, 0.05) is 11.1 Å². The van der Waals surface area contributed by atoms with Crippen LogP contribution in [-0.4, -0.2) is 31.3 Å². The normalized spacial score (nSPS) is 12.4. The Balaban J connectivity index is 1.37. The Morgan fingerprint density at radius 3 is 2.53 bits per heavy atom. The van der Waals surface area contributed by atoms with Crippen molar-refractivity contribution in [1.29, 1.82) is 0 Å². The highest BCUT2D eigenvalue weighted by Crippen LogP contribution is 2.43. The minimum Gasteiger partial charge on any atom is -0.447 e. The molecule has 0 aliphatic rings. The predicted octanol–water partition coefficient (Wildman–Crippen LogP) is 4.72. The largest absolute Gasteiger partial charge is 0.447 e. The SMILES string of the molecule is Cc1ccccc1-c1noc(-c2nc(-c3ccc(C(O)C(=O)NCc4ncco4)cc3)no2)c1C(F)(F)F. The van der Waals surface area contributed by atoms with Crippen molar-refractivity contribution >= 4 is 5.91 Å². The van der Waals surface area contributed by atoms with Crippen LogP contribution in [0.25, 0.3) is 34.3 Å². The second-order valence-corrected chi connectivity index (χ2v) is 8.14. The molecule has 2 N–H and O–H groups in total. The molecule has 0 saturated carbocycles. The average molecular weight is 525 g/mol. The smallest absolute Gasteiger partial charge is 0.422 e. The number of rotatable bonds is 7. The average Bonchev–Trinajstić information content (AvgIpc) is 3.67. The molecule has 194 valence electrons. The van der Waals surface area contributed by atoms with Crippen LogP contribution < -0.4 is 5.32 Å². The lowest BCUT2D eigenvalue weighted by molar-refractivity contribution is -0.137. The van der Waals surface area contributed by atoms with Crippen LogP contribution in [0.4, 0.5) is 13.2 Å². The van der Waals surface area contributed by atoms with E-state index in [1.54, 1.807) is 25.1 Å². The van der Waals surface area contributed by atoms with Crippen LogP contribution >= 0.6 is 0 Å². The second kappa shape index (κ2) is 9.94. The summed E-state index contributed by atoms with van der Waals surface area (Å²) in [5.74, 6) is -1.64. The Morgan fingerprint density at radius 1 is 1.08 bits per heavy atom. The van der Waals surface area contributed by atoms with Gasteiger partial charge in [0.15, 0.2) is 6.10 Å². The number of aliphatic hydroxyl groups is 1. The molecule has 0 fully saturated rings. The second-order valence-electron chi connectivity index (χ2n) is 8.14. The number of aliphatic hydroxyl groups excluding tert-OH is 1. The third kappa shape index (κ3) is 4.91. The first-order valence-corrected chi connectivity index (χ1v) is 11.1. The Morgan fingerprint density at radius 2 is 1.84 bits per heavy atom. The van der Waals surface area contributed by atoms with Gasteiger partial charge in [0.25, 0.3) is 11.8 Å². The minimum atomic E-state index is -4.81. The van der Waals surface area contributed by atoms with Gasteiger partial charge in [-0.25, -0.2) is 4.98 Å². The fourth-order valence-corrected chi connectivity index (χ4v) is 3.72. The van der Waals surface area contributed by atoms with E-state index in [-0.39, 0.29) is 35.1 Å². The lowest BCUT2D eigenvalue weighted by atomic mass is 10.0. The summed E-state index contributed by atoms with van der Waals surface area (Å²) in [7, 11) is 0. The first-order chi connectivity index (χ1) is 18.2. The highest BCUT2D eigenvalue weighted by Gasteiger charge is 2.43. The molecule has 0 saturated heterocycles. The molecule has 3 heterocycles. The molecule has 0 aliphatic carbocycles. The summed E-state index contributed by atoms with van der Waals surface area (Å²) in [4.78, 5) is 20.1. The summed E-state index contributed by atoms with van der Waals surface area (Å²) in [6.45, 7) is 1.66. The standard InChI is InChI=1S/C25H18F3N5O5/c1-13-4-2-3-5-16(13)19-18(25(26,27)28)21(37-32-19)24-31-22(33-38-24)15-8-6-14(7-9-15)20(34)23(35)30-12-17-29-10-11-36-17/h2-11,20,34H,12H2,1H3,(H,30,35). The van der Waals surface area contributed by atoms with E-state index in [1.165, 1.54) is 42.8 Å². The van der Waals surface area contributed by atoms with E-state index in [1.807, 2.05) is 0 Å². The first kappa shape index (κ1) is 24.9. The number of aryl methyl sites for hydroxylation is 1. The Kier molecular flexibility index (Phi) is 6.51. The predicted molar refractivity (Wildman–Crippen MR) is 124 cm³/mol. The quantitative estimate of drug-likeness (QED) is 0.309. The van der Waals surface area contributed by atoms with E-state index in [0.29, 0.717) is 11.1 Å². The van der Waals surface area contributed by atoms with Gasteiger partial charge in [0.2, 0.25) is 17.5 Å². The van der Waals surface area contributed by atoms with Gasteiger partial charge in [0.05, 0.1) is 12.7 Å². The van der Waals surface area contributed by atoms with Crippen LogP contribution in [0.15, 0.2) is 74.5 Å². The highest BCUT2D eigenvalue weighted by atomic mass is 19.4. The Bertz CT molecular complexity index is 1560. The summed E-state index contributed by atoms with van der Waals surface area (Å²) in [6.07, 6.45) is -3.51. The summed E-state index contributed by atoms with van der Waals surface area (Å²) in [5.41, 5.74) is -0.0463. The third-order valence-electron chi connectivity index (χ3n) is 5.63. The molecule has 1 unspecified atom stereocenters. The van der Waals surface area contributed by atoms with E-state index >= 15 is 0 Å². The number of oxazole rings is 1. The van der Waals surface area contributed by atoms with Crippen LogP contribution in [0.3, 0.4) is 0 Å². The number of amides is 1. The number of hydrogen-bond acceptors (Lipinski definition) is 9. The van der Waals surface area contributed by atoms with Gasteiger partial charge in [-0.2, -0.15) is 18.2 Å². The van der Waals surface area contributed by atoms with Gasteiger partial charge in [-0.3, -0.25) is 4.79 Å². The Hall–Kier alpha value is -4.78. The van der Waals surface area contributed by atoms with Crippen LogP contribution in [0.1, 0.15) is 28.7 Å². The number of benzene rings is 2. The molecular formula is C25H18F3N5O5. The molecule has 3 aromatic heterocycles. The van der Waals surface area contributed by atoms with Crippen molar-refractivity contribution in [2.24, 2.45) is 0 Å². The van der Waals surface area contributed by atoms with Crippen LogP contribution in [0.2, 0.25) is 0 Å². The number of nitrogens with zero attached hydrogens (tertiary/aromatic N) is 4. The molecule has 0 spiro atoms. The van der Waals surface area contributed by atoms with Gasteiger partial charge in [-0.1, -0.05) is 58.8 Å². The molecule has 5 rings (SSSR count). The molecule has 1 atom stereocenters. The van der Waals surface area contributed by atoms with Gasteiger partial charge in [0.1, 0.15) is 17.5 Å². The van der Waals surface area contributed by atoms with Gasteiger partial charge < -0.3 is 23.9 Å². The number of hydrogen-bond donors (Lipinski definition) is 2. The number of nitrogens with one attached hydrogen (secondary N) is 1. The lowest BCUT2D eigenvalue weighted by Crippen LogP contribution is -2.28. The molecule has 0 bridgehead atoms. The van der Waals surface area contributed by atoms with Crippen LogP contribution in [0, 0.1) is 6.92 Å². The molecular weight excluding hydrogens is 507 g/mol. The molecule has 2 aromatic carbocycles. The fourth-order valence-electron chi connectivity index (χ4n) is 3.72. The van der Waals surface area contributed by atoms with Gasteiger partial charge in [-0.05, 0) is 18.1 Å². The number of halogens is 3. The van der Waals surface area contributed by atoms with Crippen molar-refractivity contribution in [3.8, 4) is 34.3 Å². The number of aromatic nitrogens is 4. The molecule has 0 radical (unpaired) electrons. The summed E-state index contributed by atoms with van der Waals surface area (Å²) in [5, 5.41) is 20.2. The number of carbonyl (C=O) groups is 1. The summed E-state index contributed by atoms with van der Waals surface area (Å²) in [6, 6.07) is 12.3. The zero-order valence-corrected chi connectivity index (χ0v) is 19.6. The van der Waals surface area contributed by atoms with Crippen molar-refractivity contribution in [2.45, 2.75) is 25.7 Å². The number of alkyl halides is 3. The zero-order chi connectivity index (χ0) is 26.9. The van der Waals surface area contributed by atoms with Crippen LogP contribution in [0.5, 0.6) is 0 Å². The first-order valence-electron chi connectivity index (χ1n) is 11.1. The molecule has 38 heavy (non-hydrogen) atoms. The van der Waals surface area contributed by atoms with E-state index in [0.717, 1.165) is 0 Å². The van der Waals surface area contributed by atoms with Gasteiger partial charge >= 0.3 is 6.18 Å². The maximum Gasteiger partial charge on any atom is 0.422 e. The fraction of sp³-hybridized carbons (Fsp3) is 0.160. The molecule has 1 amide bonds. The monoisotopic (exact) mass is 525 g/mol. The minimum absolute atomic E-state index is 0.000279. The maximum atomic E-state index is 14.0.